The van der Waals surface area contributed by atoms with E-state index in [9.17, 15) is 4.79 Å². The van der Waals surface area contributed by atoms with E-state index in [2.05, 4.69) is 47.3 Å². The Kier molecular flexibility index (Phi) is 5.41. The van der Waals surface area contributed by atoms with Gasteiger partial charge in [-0.25, -0.2) is 4.99 Å². The van der Waals surface area contributed by atoms with Crippen LogP contribution in [0.2, 0.25) is 0 Å². The highest BCUT2D eigenvalue weighted by Crippen LogP contribution is 2.33. The molecule has 6 nitrogen and oxygen atoms in total. The van der Waals surface area contributed by atoms with Crippen molar-refractivity contribution in [2.24, 2.45) is 4.99 Å². The average Bonchev–Trinajstić information content (AvgIpc) is 3.44. The van der Waals surface area contributed by atoms with Crippen LogP contribution >= 0.6 is 11.3 Å². The maximum Gasteiger partial charge on any atom is 0.262 e. The predicted octanol–water partition coefficient (Wildman–Crippen LogP) is 5.54. The summed E-state index contributed by atoms with van der Waals surface area (Å²) < 4.78 is 13.3. The maximum absolute atomic E-state index is 11.8. The summed E-state index contributed by atoms with van der Waals surface area (Å²) in [4.78, 5) is 17.7. The largest absolute Gasteiger partial charge is 0.482 e. The lowest BCUT2D eigenvalue weighted by atomic mass is 10.0. The molecule has 0 bridgehead atoms. The first-order valence-electron chi connectivity index (χ1n) is 10.5. The molecular weight excluding hydrogens is 422 g/mol. The van der Waals surface area contributed by atoms with Crippen LogP contribution < -0.4 is 14.9 Å². The molecule has 0 spiro atoms. The fourth-order valence-electron chi connectivity index (χ4n) is 3.78. The summed E-state index contributed by atoms with van der Waals surface area (Å²) in [6.07, 6.45) is 1.68. The minimum absolute atomic E-state index is 0.0432. The van der Waals surface area contributed by atoms with E-state index in [-0.39, 0.29) is 12.5 Å². The van der Waals surface area contributed by atoms with E-state index in [1.54, 1.807) is 17.6 Å². The van der Waals surface area contributed by atoms with Crippen LogP contribution in [0, 0.1) is 0 Å². The molecule has 1 aliphatic heterocycles. The molecule has 32 heavy (non-hydrogen) atoms. The molecule has 0 saturated heterocycles. The Hall–Kier alpha value is -3.58. The number of furan rings is 1. The molecule has 1 N–H and O–H groups in total. The average molecular weight is 446 g/mol. The Morgan fingerprint density at radius 3 is 2.84 bits per heavy atom. The summed E-state index contributed by atoms with van der Waals surface area (Å²) in [6.45, 7) is 4.94. The molecule has 5 rings (SSSR count). The zero-order valence-corrected chi connectivity index (χ0v) is 18.7. The first-order valence-corrected chi connectivity index (χ1v) is 11.4. The van der Waals surface area contributed by atoms with E-state index >= 15 is 0 Å². The number of para-hydroxylation sites is 1. The third kappa shape index (κ3) is 3.99. The quantitative estimate of drug-likeness (QED) is 0.438. The van der Waals surface area contributed by atoms with Gasteiger partial charge in [0.05, 0.1) is 29.9 Å². The van der Waals surface area contributed by atoms with Crippen LogP contribution in [0.3, 0.4) is 0 Å². The topological polar surface area (TPSA) is 68.8 Å². The number of anilines is 1. The SMILES string of the molecule is CC(C)c1ccccc1N=c1scc(-c2ccc3c(c2)NC(=O)CO3)n1Cc1ccco1. The molecule has 2 aromatic carbocycles. The Morgan fingerprint density at radius 2 is 2.03 bits per heavy atom. The summed E-state index contributed by atoms with van der Waals surface area (Å²) in [5, 5.41) is 4.98. The van der Waals surface area contributed by atoms with Crippen molar-refractivity contribution in [3.8, 4) is 17.0 Å². The normalized spacial score (nSPS) is 13.7. The summed E-state index contributed by atoms with van der Waals surface area (Å²) in [6, 6.07) is 17.9. The molecule has 0 saturated carbocycles. The minimum atomic E-state index is -0.149. The van der Waals surface area contributed by atoms with Crippen LogP contribution in [0.4, 0.5) is 11.4 Å². The fourth-order valence-corrected chi connectivity index (χ4v) is 4.71. The molecule has 0 radical (unpaired) electrons. The Balaban J connectivity index is 1.64. The maximum atomic E-state index is 11.8. The molecule has 4 aromatic rings. The van der Waals surface area contributed by atoms with Crippen molar-refractivity contribution in [1.29, 1.82) is 0 Å². The number of aromatic nitrogens is 1. The number of carbonyl (C=O) groups is 1. The van der Waals surface area contributed by atoms with Gasteiger partial charge in [-0.3, -0.25) is 4.79 Å². The highest BCUT2D eigenvalue weighted by molar-refractivity contribution is 7.07. The van der Waals surface area contributed by atoms with Crippen molar-refractivity contribution in [1.82, 2.24) is 4.57 Å². The minimum Gasteiger partial charge on any atom is -0.482 e. The Bertz CT molecular complexity index is 1330. The summed E-state index contributed by atoms with van der Waals surface area (Å²) in [5.41, 5.74) is 4.82. The van der Waals surface area contributed by atoms with Gasteiger partial charge >= 0.3 is 0 Å². The van der Waals surface area contributed by atoms with Crippen LogP contribution in [0.1, 0.15) is 31.1 Å². The molecule has 0 fully saturated rings. The van der Waals surface area contributed by atoms with Gasteiger partial charge in [0.15, 0.2) is 11.4 Å². The first kappa shape index (κ1) is 20.3. The van der Waals surface area contributed by atoms with Crippen LogP contribution in [-0.4, -0.2) is 17.1 Å². The number of fused-ring (bicyclic) bond motifs is 1. The van der Waals surface area contributed by atoms with Crippen molar-refractivity contribution in [3.05, 3.63) is 82.4 Å². The van der Waals surface area contributed by atoms with Crippen LogP contribution in [0.15, 0.2) is 75.7 Å². The van der Waals surface area contributed by atoms with Gasteiger partial charge in [0.2, 0.25) is 0 Å². The smallest absolute Gasteiger partial charge is 0.262 e. The molecule has 0 aliphatic carbocycles. The standard InChI is InChI=1S/C25H23N3O3S/c1-16(2)19-7-3-4-8-20(19)27-25-28(13-18-6-5-11-30-18)22(15-32-25)17-9-10-23-21(12-17)26-24(29)14-31-23/h3-12,15-16H,13-14H2,1-2H3,(H,26,29). The number of benzene rings is 2. The summed E-state index contributed by atoms with van der Waals surface area (Å²) >= 11 is 1.58. The van der Waals surface area contributed by atoms with Gasteiger partial charge in [-0.2, -0.15) is 0 Å². The molecule has 162 valence electrons. The first-order chi connectivity index (χ1) is 15.6. The van der Waals surface area contributed by atoms with Gasteiger partial charge < -0.3 is 19.0 Å². The van der Waals surface area contributed by atoms with Crippen LogP contribution in [0.5, 0.6) is 5.75 Å². The van der Waals surface area contributed by atoms with Gasteiger partial charge in [0.25, 0.3) is 5.91 Å². The van der Waals surface area contributed by atoms with Crippen LogP contribution in [-0.2, 0) is 11.3 Å². The molecular formula is C25H23N3O3S. The molecule has 0 atom stereocenters. The third-order valence-corrected chi connectivity index (χ3v) is 6.24. The predicted molar refractivity (Wildman–Crippen MR) is 125 cm³/mol. The van der Waals surface area contributed by atoms with E-state index in [0.717, 1.165) is 27.5 Å². The second-order valence-electron chi connectivity index (χ2n) is 7.94. The molecule has 2 aromatic heterocycles. The van der Waals surface area contributed by atoms with Crippen LogP contribution in [0.25, 0.3) is 11.3 Å². The van der Waals surface area contributed by atoms with Gasteiger partial charge in [0.1, 0.15) is 11.5 Å². The van der Waals surface area contributed by atoms with Gasteiger partial charge in [0, 0.05) is 10.9 Å². The molecule has 3 heterocycles. The lowest BCUT2D eigenvalue weighted by Crippen LogP contribution is -2.25. The Morgan fingerprint density at radius 1 is 1.16 bits per heavy atom. The van der Waals surface area contributed by atoms with E-state index < -0.39 is 0 Å². The number of nitrogens with zero attached hydrogens (tertiary/aromatic N) is 2. The molecule has 1 amide bonds. The van der Waals surface area contributed by atoms with Crippen molar-refractivity contribution in [2.75, 3.05) is 11.9 Å². The van der Waals surface area contributed by atoms with Crippen molar-refractivity contribution in [2.45, 2.75) is 26.3 Å². The summed E-state index contributed by atoms with van der Waals surface area (Å²) in [7, 11) is 0. The number of amides is 1. The fraction of sp³-hybridized carbons (Fsp3) is 0.200. The zero-order valence-electron chi connectivity index (χ0n) is 17.9. The molecule has 0 unspecified atom stereocenters. The Labute approximate surface area is 189 Å². The number of hydrogen-bond acceptors (Lipinski definition) is 5. The highest BCUT2D eigenvalue weighted by Gasteiger charge is 2.18. The van der Waals surface area contributed by atoms with Crippen molar-refractivity contribution < 1.29 is 13.9 Å². The summed E-state index contributed by atoms with van der Waals surface area (Å²) in [5.74, 6) is 1.75. The van der Waals surface area contributed by atoms with E-state index in [1.807, 2.05) is 36.4 Å². The number of ether oxygens (including phenoxy) is 1. The number of hydrogen-bond donors (Lipinski definition) is 1. The van der Waals surface area contributed by atoms with E-state index in [0.29, 0.717) is 23.9 Å². The lowest BCUT2D eigenvalue weighted by Gasteiger charge is -2.18. The third-order valence-electron chi connectivity index (χ3n) is 5.37. The highest BCUT2D eigenvalue weighted by atomic mass is 32.1. The van der Waals surface area contributed by atoms with E-state index in [4.69, 9.17) is 14.1 Å². The van der Waals surface area contributed by atoms with Gasteiger partial charge in [-0.1, -0.05) is 32.0 Å². The zero-order chi connectivity index (χ0) is 22.1. The molecule has 7 heteroatoms. The van der Waals surface area contributed by atoms with Crippen molar-refractivity contribution >= 4 is 28.6 Å². The second-order valence-corrected chi connectivity index (χ2v) is 8.78. The lowest BCUT2D eigenvalue weighted by molar-refractivity contribution is -0.118. The number of thiazole rings is 1. The van der Waals surface area contributed by atoms with Gasteiger partial charge in [-0.05, 0) is 47.9 Å². The van der Waals surface area contributed by atoms with Crippen molar-refractivity contribution in [3.63, 3.8) is 0 Å². The van der Waals surface area contributed by atoms with Gasteiger partial charge in [-0.15, -0.1) is 11.3 Å². The second kappa shape index (κ2) is 8.51. The molecule has 1 aliphatic rings. The number of rotatable bonds is 5. The monoisotopic (exact) mass is 445 g/mol. The number of nitrogens with one attached hydrogen (secondary N) is 1. The number of carbonyl (C=O) groups excluding carboxylic acids is 1. The van der Waals surface area contributed by atoms with E-state index in [1.165, 1.54) is 5.56 Å².